The third kappa shape index (κ3) is 3.73. The molecule has 0 bridgehead atoms. The van der Waals surface area contributed by atoms with E-state index in [1.807, 2.05) is 0 Å². The highest BCUT2D eigenvalue weighted by Gasteiger charge is 2.38. The van der Waals surface area contributed by atoms with E-state index in [0.29, 0.717) is 13.0 Å². The van der Waals surface area contributed by atoms with Gasteiger partial charge in [0, 0.05) is 20.1 Å². The SMILES string of the molecule is CO[C@H]1C[C@@H](C(N)=O)N(C(=O)CCOc2ccccc2F)C1. The highest BCUT2D eigenvalue weighted by Crippen LogP contribution is 2.21. The third-order valence-electron chi connectivity index (χ3n) is 3.65. The van der Waals surface area contributed by atoms with Crippen LogP contribution in [0.3, 0.4) is 0 Å². The van der Waals surface area contributed by atoms with Gasteiger partial charge in [-0.3, -0.25) is 9.59 Å². The molecule has 0 aromatic heterocycles. The number of hydrogen-bond donors (Lipinski definition) is 1. The van der Waals surface area contributed by atoms with Gasteiger partial charge in [0.05, 0.1) is 19.1 Å². The number of amides is 2. The number of carbonyl (C=O) groups excluding carboxylic acids is 2. The quantitative estimate of drug-likeness (QED) is 0.838. The first-order valence-corrected chi connectivity index (χ1v) is 7.02. The lowest BCUT2D eigenvalue weighted by atomic mass is 10.2. The first-order valence-electron chi connectivity index (χ1n) is 7.02. The van der Waals surface area contributed by atoms with Crippen LogP contribution in [0.4, 0.5) is 4.39 Å². The molecule has 2 amide bonds. The van der Waals surface area contributed by atoms with Crippen molar-refractivity contribution in [3.63, 3.8) is 0 Å². The van der Waals surface area contributed by atoms with Crippen molar-refractivity contribution in [2.45, 2.75) is 25.0 Å². The molecule has 2 atom stereocenters. The molecule has 1 aliphatic heterocycles. The third-order valence-corrected chi connectivity index (χ3v) is 3.65. The Morgan fingerprint density at radius 1 is 1.41 bits per heavy atom. The number of rotatable bonds is 6. The van der Waals surface area contributed by atoms with Crippen LogP contribution >= 0.6 is 0 Å². The lowest BCUT2D eigenvalue weighted by molar-refractivity contribution is -0.137. The second-order valence-corrected chi connectivity index (χ2v) is 5.09. The van der Waals surface area contributed by atoms with Crippen molar-refractivity contribution >= 4 is 11.8 Å². The van der Waals surface area contributed by atoms with Crippen LogP contribution in [0.5, 0.6) is 5.75 Å². The van der Waals surface area contributed by atoms with Crippen molar-refractivity contribution < 1.29 is 23.5 Å². The zero-order chi connectivity index (χ0) is 16.1. The van der Waals surface area contributed by atoms with Crippen molar-refractivity contribution in [1.29, 1.82) is 0 Å². The summed E-state index contributed by atoms with van der Waals surface area (Å²) in [5.74, 6) is -1.20. The molecule has 1 aromatic carbocycles. The molecule has 1 heterocycles. The van der Waals surface area contributed by atoms with Gasteiger partial charge in [-0.25, -0.2) is 4.39 Å². The Hall–Kier alpha value is -2.15. The zero-order valence-corrected chi connectivity index (χ0v) is 12.3. The fourth-order valence-electron chi connectivity index (χ4n) is 2.47. The van der Waals surface area contributed by atoms with E-state index < -0.39 is 17.8 Å². The Bertz CT molecular complexity index is 552. The van der Waals surface area contributed by atoms with Gasteiger partial charge in [0.15, 0.2) is 11.6 Å². The van der Waals surface area contributed by atoms with Crippen LogP contribution in [0.1, 0.15) is 12.8 Å². The number of nitrogens with two attached hydrogens (primary N) is 1. The number of ether oxygens (including phenoxy) is 2. The van der Waals surface area contributed by atoms with Gasteiger partial charge in [-0.1, -0.05) is 12.1 Å². The van der Waals surface area contributed by atoms with Crippen molar-refractivity contribution in [3.05, 3.63) is 30.1 Å². The topological polar surface area (TPSA) is 81.9 Å². The van der Waals surface area contributed by atoms with Gasteiger partial charge < -0.3 is 20.1 Å². The summed E-state index contributed by atoms with van der Waals surface area (Å²) in [7, 11) is 1.53. The highest BCUT2D eigenvalue weighted by molar-refractivity contribution is 5.87. The largest absolute Gasteiger partial charge is 0.490 e. The molecule has 1 aromatic rings. The Balaban J connectivity index is 1.88. The fraction of sp³-hybridized carbons (Fsp3) is 0.467. The van der Waals surface area contributed by atoms with E-state index in [-0.39, 0.29) is 30.8 Å². The molecule has 6 nitrogen and oxygen atoms in total. The van der Waals surface area contributed by atoms with Crippen molar-refractivity contribution in [1.82, 2.24) is 4.90 Å². The first-order chi connectivity index (χ1) is 10.5. The van der Waals surface area contributed by atoms with Crippen molar-refractivity contribution in [2.75, 3.05) is 20.3 Å². The minimum absolute atomic E-state index is 0.0272. The predicted octanol–water partition coefficient (Wildman–Crippen LogP) is 0.696. The van der Waals surface area contributed by atoms with Crippen LogP contribution < -0.4 is 10.5 Å². The monoisotopic (exact) mass is 310 g/mol. The van der Waals surface area contributed by atoms with Crippen LogP contribution in [0, 0.1) is 5.82 Å². The Morgan fingerprint density at radius 2 is 2.14 bits per heavy atom. The lowest BCUT2D eigenvalue weighted by Gasteiger charge is -2.22. The summed E-state index contributed by atoms with van der Waals surface area (Å²) in [4.78, 5) is 25.0. The molecule has 2 rings (SSSR count). The maximum Gasteiger partial charge on any atom is 0.240 e. The number of halogens is 1. The van der Waals surface area contributed by atoms with Gasteiger partial charge in [0.1, 0.15) is 6.04 Å². The molecule has 0 radical (unpaired) electrons. The molecule has 2 N–H and O–H groups in total. The van der Waals surface area contributed by atoms with Crippen LogP contribution in [-0.2, 0) is 14.3 Å². The summed E-state index contributed by atoms with van der Waals surface area (Å²) < 4.78 is 23.8. The van der Waals surface area contributed by atoms with E-state index in [0.717, 1.165) is 0 Å². The van der Waals surface area contributed by atoms with Gasteiger partial charge in [-0.05, 0) is 12.1 Å². The molecule has 22 heavy (non-hydrogen) atoms. The van der Waals surface area contributed by atoms with Gasteiger partial charge in [-0.15, -0.1) is 0 Å². The summed E-state index contributed by atoms with van der Waals surface area (Å²) in [6, 6.07) is 5.31. The van der Waals surface area contributed by atoms with E-state index in [2.05, 4.69) is 0 Å². The number of carbonyl (C=O) groups is 2. The molecule has 1 fully saturated rings. The molecular weight excluding hydrogens is 291 g/mol. The van der Waals surface area contributed by atoms with Crippen LogP contribution in [0.15, 0.2) is 24.3 Å². The number of likely N-dealkylation sites (tertiary alicyclic amines) is 1. The van der Waals surface area contributed by atoms with E-state index in [4.69, 9.17) is 15.2 Å². The molecule has 1 aliphatic rings. The number of para-hydroxylation sites is 1. The zero-order valence-electron chi connectivity index (χ0n) is 12.3. The molecule has 0 aliphatic carbocycles. The maximum atomic E-state index is 13.4. The summed E-state index contributed by atoms with van der Waals surface area (Å²) in [6.45, 7) is 0.349. The van der Waals surface area contributed by atoms with E-state index in [1.54, 1.807) is 12.1 Å². The summed E-state index contributed by atoms with van der Waals surface area (Å²) in [5, 5.41) is 0. The molecule has 0 spiro atoms. The summed E-state index contributed by atoms with van der Waals surface area (Å²) in [5.41, 5.74) is 5.31. The van der Waals surface area contributed by atoms with Crippen LogP contribution in [-0.4, -0.2) is 49.1 Å². The predicted molar refractivity (Wildman–Crippen MR) is 76.6 cm³/mol. The Kier molecular flexibility index (Phi) is 5.32. The second-order valence-electron chi connectivity index (χ2n) is 5.09. The van der Waals surface area contributed by atoms with Crippen molar-refractivity contribution in [2.24, 2.45) is 5.73 Å². The van der Waals surface area contributed by atoms with Gasteiger partial charge in [-0.2, -0.15) is 0 Å². The fourth-order valence-corrected chi connectivity index (χ4v) is 2.47. The van der Waals surface area contributed by atoms with E-state index in [9.17, 15) is 14.0 Å². The van der Waals surface area contributed by atoms with Gasteiger partial charge in [0.2, 0.25) is 11.8 Å². The molecule has 0 saturated carbocycles. The average molecular weight is 310 g/mol. The van der Waals surface area contributed by atoms with Gasteiger partial charge >= 0.3 is 0 Å². The highest BCUT2D eigenvalue weighted by atomic mass is 19.1. The number of primary amides is 1. The Morgan fingerprint density at radius 3 is 2.77 bits per heavy atom. The summed E-state index contributed by atoms with van der Waals surface area (Å²) in [6.07, 6.45) is 0.231. The number of methoxy groups -OCH3 is 1. The number of nitrogens with zero attached hydrogens (tertiary/aromatic N) is 1. The Labute approximate surface area is 128 Å². The summed E-state index contributed by atoms with van der Waals surface area (Å²) >= 11 is 0. The number of benzene rings is 1. The van der Waals surface area contributed by atoms with Crippen LogP contribution in [0.2, 0.25) is 0 Å². The van der Waals surface area contributed by atoms with Crippen LogP contribution in [0.25, 0.3) is 0 Å². The first kappa shape index (κ1) is 16.2. The number of hydrogen-bond acceptors (Lipinski definition) is 4. The van der Waals surface area contributed by atoms with E-state index in [1.165, 1.54) is 24.1 Å². The molecule has 1 saturated heterocycles. The smallest absolute Gasteiger partial charge is 0.240 e. The minimum atomic E-state index is -0.661. The van der Waals surface area contributed by atoms with E-state index >= 15 is 0 Å². The van der Waals surface area contributed by atoms with Gasteiger partial charge in [0.25, 0.3) is 0 Å². The maximum absolute atomic E-state index is 13.4. The molecular formula is C15H19FN2O4. The molecule has 120 valence electrons. The lowest BCUT2D eigenvalue weighted by Crippen LogP contribution is -2.44. The standard InChI is InChI=1S/C15H19FN2O4/c1-21-10-8-12(15(17)20)18(9-10)14(19)6-7-22-13-5-3-2-4-11(13)16/h2-5,10,12H,6-9H2,1H3,(H2,17,20)/t10-,12-/m0/s1. The molecule has 0 unspecified atom stereocenters. The normalized spacial score (nSPS) is 20.9. The second kappa shape index (κ2) is 7.22. The van der Waals surface area contributed by atoms with Crippen molar-refractivity contribution in [3.8, 4) is 5.75 Å². The molecule has 7 heteroatoms. The minimum Gasteiger partial charge on any atom is -0.490 e. The average Bonchev–Trinajstić information content (AvgIpc) is 2.94.